The highest BCUT2D eigenvalue weighted by molar-refractivity contribution is 4.83. The molecule has 0 spiro atoms. The smallest absolute Gasteiger partial charge is 0.0580 e. The molecule has 2 saturated heterocycles. The Morgan fingerprint density at radius 2 is 0.963 bits per heavy atom. The minimum Gasteiger partial charge on any atom is -0.393 e. The summed E-state index contributed by atoms with van der Waals surface area (Å²) in [4.78, 5) is 5.01. The fourth-order valence-corrected chi connectivity index (χ4v) is 4.59. The summed E-state index contributed by atoms with van der Waals surface area (Å²) in [5.74, 6) is 1.19. The van der Waals surface area contributed by atoms with Gasteiger partial charge in [-0.3, -0.25) is 0 Å². The lowest BCUT2D eigenvalue weighted by molar-refractivity contribution is 0.00719. The summed E-state index contributed by atoms with van der Waals surface area (Å²) in [6.07, 6.45) is 11.3. The van der Waals surface area contributed by atoms with Crippen molar-refractivity contribution in [1.29, 1.82) is 0 Å². The second-order valence-electron chi connectivity index (χ2n) is 8.18. The number of rotatable bonds is 4. The van der Waals surface area contributed by atoms with Crippen LogP contribution in [0.5, 0.6) is 0 Å². The standard InChI is InChI=1S/C10H19NO.C9H17NO.2C2H6/c12-10-5-3-4-9(10)8-11-6-1-2-7-11;11-9-4-3-8(9)7-10-5-1-2-6-10;2*1-2/h9-10,12H,1-8H2;8-9,11H,1-7H2;2*1-2H3. The van der Waals surface area contributed by atoms with Gasteiger partial charge in [-0.2, -0.15) is 0 Å². The van der Waals surface area contributed by atoms with E-state index in [1.165, 1.54) is 71.1 Å². The molecule has 4 unspecified atom stereocenters. The van der Waals surface area contributed by atoms with Gasteiger partial charge in [0.2, 0.25) is 0 Å². The maximum absolute atomic E-state index is 9.62. The Hall–Kier alpha value is -0.160. The summed E-state index contributed by atoms with van der Waals surface area (Å²) < 4.78 is 0. The normalized spacial score (nSPS) is 33.1. The van der Waals surface area contributed by atoms with Crippen molar-refractivity contribution in [3.8, 4) is 0 Å². The van der Waals surface area contributed by atoms with Crippen LogP contribution in [0.1, 0.15) is 85.5 Å². The molecule has 2 N–H and O–H groups in total. The molecule has 0 aromatic heterocycles. The van der Waals surface area contributed by atoms with Crippen molar-refractivity contribution in [3.05, 3.63) is 0 Å². The number of likely N-dealkylation sites (tertiary alicyclic amines) is 2. The van der Waals surface area contributed by atoms with Crippen LogP contribution in [-0.4, -0.2) is 71.5 Å². The van der Waals surface area contributed by atoms with Gasteiger partial charge in [0.15, 0.2) is 0 Å². The molecule has 0 amide bonds. The highest BCUT2D eigenvalue weighted by atomic mass is 16.3. The zero-order valence-electron chi connectivity index (χ0n) is 18.7. The molecule has 0 radical (unpaired) electrons. The lowest BCUT2D eigenvalue weighted by Gasteiger charge is -2.35. The zero-order chi connectivity index (χ0) is 20.1. The monoisotopic (exact) mass is 384 g/mol. The van der Waals surface area contributed by atoms with Crippen LogP contribution in [0.15, 0.2) is 0 Å². The second-order valence-corrected chi connectivity index (χ2v) is 8.18. The maximum atomic E-state index is 9.62. The molecule has 2 heterocycles. The van der Waals surface area contributed by atoms with E-state index in [0.717, 1.165) is 25.9 Å². The zero-order valence-corrected chi connectivity index (χ0v) is 18.7. The molecule has 0 aromatic carbocycles. The minimum atomic E-state index is 0.00519. The fourth-order valence-electron chi connectivity index (χ4n) is 4.59. The van der Waals surface area contributed by atoms with Gasteiger partial charge in [0.25, 0.3) is 0 Å². The Morgan fingerprint density at radius 3 is 1.26 bits per heavy atom. The van der Waals surface area contributed by atoms with Crippen molar-refractivity contribution in [1.82, 2.24) is 9.80 Å². The SMILES string of the molecule is CC.CC.OC1CCC1CN1CCCC1.OC1CCCC1CN1CCCC1. The van der Waals surface area contributed by atoms with Crippen LogP contribution in [0.2, 0.25) is 0 Å². The molecule has 0 aromatic rings. The van der Waals surface area contributed by atoms with E-state index in [4.69, 9.17) is 0 Å². The predicted molar refractivity (Wildman–Crippen MR) is 116 cm³/mol. The van der Waals surface area contributed by atoms with Crippen LogP contribution in [0.3, 0.4) is 0 Å². The lowest BCUT2D eigenvalue weighted by atomic mass is 9.82. The molecule has 4 nitrogen and oxygen atoms in total. The maximum Gasteiger partial charge on any atom is 0.0580 e. The van der Waals surface area contributed by atoms with Gasteiger partial charge in [0, 0.05) is 13.1 Å². The minimum absolute atomic E-state index is 0.00519. The number of hydrogen-bond donors (Lipinski definition) is 2. The summed E-state index contributed by atoms with van der Waals surface area (Å²) in [7, 11) is 0. The Balaban J connectivity index is 0.000000229. The molecule has 4 aliphatic rings. The Kier molecular flexibility index (Phi) is 13.6. The van der Waals surface area contributed by atoms with Crippen LogP contribution in [-0.2, 0) is 0 Å². The van der Waals surface area contributed by atoms with E-state index >= 15 is 0 Å². The van der Waals surface area contributed by atoms with Gasteiger partial charge in [-0.1, -0.05) is 34.1 Å². The van der Waals surface area contributed by atoms with E-state index in [1.54, 1.807) is 0 Å². The van der Waals surface area contributed by atoms with Gasteiger partial charge in [0.05, 0.1) is 12.2 Å². The van der Waals surface area contributed by atoms with Crippen molar-refractivity contribution in [2.24, 2.45) is 11.8 Å². The van der Waals surface area contributed by atoms with Crippen LogP contribution in [0.4, 0.5) is 0 Å². The van der Waals surface area contributed by atoms with Crippen molar-refractivity contribution >= 4 is 0 Å². The molecule has 4 heteroatoms. The summed E-state index contributed by atoms with van der Waals surface area (Å²) in [6.45, 7) is 15.4. The van der Waals surface area contributed by atoms with Crippen molar-refractivity contribution in [2.45, 2.75) is 97.7 Å². The van der Waals surface area contributed by atoms with Crippen LogP contribution < -0.4 is 0 Å². The van der Waals surface area contributed by atoms with E-state index in [-0.39, 0.29) is 12.2 Å². The number of aliphatic hydroxyl groups is 2. The average molecular weight is 385 g/mol. The molecule has 162 valence electrons. The quantitative estimate of drug-likeness (QED) is 0.764. The molecule has 0 bridgehead atoms. The molecule has 2 saturated carbocycles. The van der Waals surface area contributed by atoms with Gasteiger partial charge >= 0.3 is 0 Å². The summed E-state index contributed by atoms with van der Waals surface area (Å²) in [5.41, 5.74) is 0. The van der Waals surface area contributed by atoms with Crippen molar-refractivity contribution < 1.29 is 10.2 Å². The van der Waals surface area contributed by atoms with E-state index in [0.29, 0.717) is 11.8 Å². The molecule has 2 aliphatic heterocycles. The van der Waals surface area contributed by atoms with Gasteiger partial charge in [-0.25, -0.2) is 0 Å². The number of hydrogen-bond acceptors (Lipinski definition) is 4. The predicted octanol–water partition coefficient (Wildman–Crippen LogP) is 4.15. The summed E-state index contributed by atoms with van der Waals surface area (Å²) in [5, 5.41) is 19.0. The third kappa shape index (κ3) is 8.81. The highest BCUT2D eigenvalue weighted by Crippen LogP contribution is 2.29. The molecule has 27 heavy (non-hydrogen) atoms. The van der Waals surface area contributed by atoms with Gasteiger partial charge in [-0.05, 0) is 89.4 Å². The largest absolute Gasteiger partial charge is 0.393 e. The first-order valence-electron chi connectivity index (χ1n) is 12.0. The van der Waals surface area contributed by atoms with Crippen LogP contribution in [0.25, 0.3) is 0 Å². The van der Waals surface area contributed by atoms with Gasteiger partial charge < -0.3 is 20.0 Å². The highest BCUT2D eigenvalue weighted by Gasteiger charge is 2.30. The van der Waals surface area contributed by atoms with Crippen molar-refractivity contribution in [2.75, 3.05) is 39.3 Å². The number of aliphatic hydroxyl groups excluding tert-OH is 2. The van der Waals surface area contributed by atoms with Gasteiger partial charge in [-0.15, -0.1) is 0 Å². The fraction of sp³-hybridized carbons (Fsp3) is 1.00. The van der Waals surface area contributed by atoms with Gasteiger partial charge in [0.1, 0.15) is 0 Å². The molecular weight excluding hydrogens is 336 g/mol. The first-order valence-corrected chi connectivity index (χ1v) is 12.0. The first kappa shape index (κ1) is 24.9. The molecule has 4 fully saturated rings. The third-order valence-electron chi connectivity index (χ3n) is 6.38. The van der Waals surface area contributed by atoms with E-state index in [2.05, 4.69) is 9.80 Å². The molecular formula is C23H48N2O2. The first-order chi connectivity index (χ1) is 13.2. The topological polar surface area (TPSA) is 46.9 Å². The summed E-state index contributed by atoms with van der Waals surface area (Å²) in [6, 6.07) is 0. The van der Waals surface area contributed by atoms with E-state index < -0.39 is 0 Å². The molecule has 4 atom stereocenters. The lowest BCUT2D eigenvalue weighted by Crippen LogP contribution is -2.40. The molecule has 4 rings (SSSR count). The van der Waals surface area contributed by atoms with E-state index in [9.17, 15) is 10.2 Å². The van der Waals surface area contributed by atoms with E-state index in [1.807, 2.05) is 27.7 Å². The molecule has 2 aliphatic carbocycles. The van der Waals surface area contributed by atoms with Crippen molar-refractivity contribution in [3.63, 3.8) is 0 Å². The summed E-state index contributed by atoms with van der Waals surface area (Å²) >= 11 is 0. The third-order valence-corrected chi connectivity index (χ3v) is 6.38. The van der Waals surface area contributed by atoms with Crippen LogP contribution >= 0.6 is 0 Å². The number of nitrogens with zero attached hydrogens (tertiary/aromatic N) is 2. The Morgan fingerprint density at radius 1 is 0.556 bits per heavy atom. The Bertz CT molecular complexity index is 341. The van der Waals surface area contributed by atoms with Crippen LogP contribution in [0, 0.1) is 11.8 Å². The average Bonchev–Trinajstić information content (AvgIpc) is 3.47. The second kappa shape index (κ2) is 14.8. The Labute approximate surface area is 169 Å².